The molecule has 0 fully saturated rings. The van der Waals surface area contributed by atoms with Gasteiger partial charge in [-0.3, -0.25) is 14.4 Å². The molecule has 154 valence electrons. The van der Waals surface area contributed by atoms with Gasteiger partial charge < -0.3 is 4.74 Å². The first-order chi connectivity index (χ1) is 14.9. The Morgan fingerprint density at radius 3 is 2.16 bits per heavy atom. The molecule has 1 aliphatic heterocycles. The molecule has 3 aromatic rings. The van der Waals surface area contributed by atoms with E-state index >= 15 is 0 Å². The second-order valence-electron chi connectivity index (χ2n) is 6.96. The number of halogens is 1. The van der Waals surface area contributed by atoms with Gasteiger partial charge in [0.1, 0.15) is 5.82 Å². The van der Waals surface area contributed by atoms with E-state index in [0.717, 1.165) is 17.0 Å². The van der Waals surface area contributed by atoms with Crippen molar-refractivity contribution in [1.82, 2.24) is 0 Å². The molecular formula is C24H16FNO5. The number of hydrogen-bond acceptors (Lipinski definition) is 5. The van der Waals surface area contributed by atoms with Crippen LogP contribution in [0.5, 0.6) is 0 Å². The summed E-state index contributed by atoms with van der Waals surface area (Å²) in [6.45, 7) is 1.46. The average Bonchev–Trinajstić information content (AvgIpc) is 3.04. The van der Waals surface area contributed by atoms with Crippen molar-refractivity contribution in [3.05, 3.63) is 101 Å². The van der Waals surface area contributed by atoms with Gasteiger partial charge in [0, 0.05) is 5.56 Å². The third-order valence-electron chi connectivity index (χ3n) is 4.92. The number of ether oxygens (including phenoxy) is 1. The number of esters is 1. The van der Waals surface area contributed by atoms with E-state index in [4.69, 9.17) is 4.74 Å². The number of carbonyl (C=O) groups is 4. The van der Waals surface area contributed by atoms with E-state index in [2.05, 4.69) is 0 Å². The van der Waals surface area contributed by atoms with Gasteiger partial charge in [-0.2, -0.15) is 0 Å². The molecular weight excluding hydrogens is 401 g/mol. The van der Waals surface area contributed by atoms with Crippen molar-refractivity contribution in [1.29, 1.82) is 0 Å². The van der Waals surface area contributed by atoms with Crippen LogP contribution in [-0.2, 0) is 4.74 Å². The van der Waals surface area contributed by atoms with Crippen LogP contribution in [0.15, 0.2) is 72.8 Å². The molecule has 0 aliphatic carbocycles. The van der Waals surface area contributed by atoms with Crippen LogP contribution >= 0.6 is 0 Å². The molecule has 0 radical (unpaired) electrons. The van der Waals surface area contributed by atoms with Gasteiger partial charge in [0.25, 0.3) is 11.8 Å². The van der Waals surface area contributed by atoms with Gasteiger partial charge in [0.05, 0.1) is 22.4 Å². The third kappa shape index (κ3) is 3.73. The summed E-state index contributed by atoms with van der Waals surface area (Å²) in [6, 6.07) is 17.3. The highest BCUT2D eigenvalue weighted by molar-refractivity contribution is 6.34. The molecule has 2 amide bonds. The minimum Gasteiger partial charge on any atom is -0.451 e. The summed E-state index contributed by atoms with van der Waals surface area (Å²) < 4.78 is 18.4. The summed E-state index contributed by atoms with van der Waals surface area (Å²) in [4.78, 5) is 51.3. The van der Waals surface area contributed by atoms with Crippen molar-refractivity contribution < 1.29 is 28.3 Å². The Morgan fingerprint density at radius 2 is 1.48 bits per heavy atom. The second kappa shape index (κ2) is 7.95. The maximum Gasteiger partial charge on any atom is 0.338 e. The molecule has 0 saturated heterocycles. The van der Waals surface area contributed by atoms with Crippen molar-refractivity contribution in [3.8, 4) is 0 Å². The molecule has 7 heteroatoms. The van der Waals surface area contributed by atoms with Crippen LogP contribution in [0.3, 0.4) is 0 Å². The highest BCUT2D eigenvalue weighted by Gasteiger charge is 2.37. The van der Waals surface area contributed by atoms with E-state index in [1.807, 2.05) is 0 Å². The van der Waals surface area contributed by atoms with Crippen molar-refractivity contribution in [3.63, 3.8) is 0 Å². The molecule has 1 atom stereocenters. The Balaban J connectivity index is 1.55. The average molecular weight is 417 g/mol. The standard InChI is InChI=1S/C24H16FNO5/c1-14(21(27)15-5-3-2-4-6-15)31-24(30)16-7-12-19-20(13-16)23(29)26(22(19)28)18-10-8-17(25)9-11-18/h2-14H,1H3/t14-/m0/s1. The normalized spacial score (nSPS) is 13.7. The molecule has 3 aromatic carbocycles. The molecule has 1 heterocycles. The lowest BCUT2D eigenvalue weighted by Crippen LogP contribution is -2.29. The topological polar surface area (TPSA) is 80.8 Å². The van der Waals surface area contributed by atoms with Crippen molar-refractivity contribution >= 4 is 29.3 Å². The lowest BCUT2D eigenvalue weighted by atomic mass is 10.1. The number of imide groups is 1. The van der Waals surface area contributed by atoms with Gasteiger partial charge in [-0.15, -0.1) is 0 Å². The number of Topliss-reactive ketones (excluding diaryl/α,β-unsaturated/α-hetero) is 1. The summed E-state index contributed by atoms with van der Waals surface area (Å²) in [5.41, 5.74) is 0.824. The summed E-state index contributed by atoms with van der Waals surface area (Å²) >= 11 is 0. The van der Waals surface area contributed by atoms with Crippen LogP contribution in [0, 0.1) is 5.82 Å². The number of benzene rings is 3. The van der Waals surface area contributed by atoms with Gasteiger partial charge in [0.15, 0.2) is 6.10 Å². The quantitative estimate of drug-likeness (QED) is 0.355. The Labute approximate surface area is 176 Å². The molecule has 6 nitrogen and oxygen atoms in total. The van der Waals surface area contributed by atoms with Gasteiger partial charge in [0.2, 0.25) is 5.78 Å². The third-order valence-corrected chi connectivity index (χ3v) is 4.92. The molecule has 0 aromatic heterocycles. The van der Waals surface area contributed by atoms with E-state index in [9.17, 15) is 23.6 Å². The van der Waals surface area contributed by atoms with Crippen molar-refractivity contribution in [2.45, 2.75) is 13.0 Å². The van der Waals surface area contributed by atoms with Crippen molar-refractivity contribution in [2.24, 2.45) is 0 Å². The van der Waals surface area contributed by atoms with Crippen molar-refractivity contribution in [2.75, 3.05) is 4.90 Å². The largest absolute Gasteiger partial charge is 0.451 e. The van der Waals surface area contributed by atoms with Crippen LogP contribution in [0.25, 0.3) is 0 Å². The lowest BCUT2D eigenvalue weighted by molar-refractivity contribution is 0.0318. The zero-order valence-electron chi connectivity index (χ0n) is 16.4. The fourth-order valence-corrected chi connectivity index (χ4v) is 3.31. The Kier molecular flexibility index (Phi) is 5.17. The number of hydrogen-bond donors (Lipinski definition) is 0. The number of fused-ring (bicyclic) bond motifs is 1. The highest BCUT2D eigenvalue weighted by Crippen LogP contribution is 2.29. The first-order valence-electron chi connectivity index (χ1n) is 9.45. The maximum absolute atomic E-state index is 13.2. The summed E-state index contributed by atoms with van der Waals surface area (Å²) in [5, 5.41) is 0. The predicted octanol–water partition coefficient (Wildman–Crippen LogP) is 4.05. The van der Waals surface area contributed by atoms with Gasteiger partial charge in [-0.1, -0.05) is 30.3 Å². The van der Waals surface area contributed by atoms with E-state index in [-0.39, 0.29) is 28.2 Å². The molecule has 0 unspecified atom stereocenters. The molecule has 0 saturated carbocycles. The number of anilines is 1. The SMILES string of the molecule is C[C@H](OC(=O)c1ccc2c(c1)C(=O)N(c1ccc(F)cc1)C2=O)C(=O)c1ccccc1. The second-order valence-corrected chi connectivity index (χ2v) is 6.96. The summed E-state index contributed by atoms with van der Waals surface area (Å²) in [7, 11) is 0. The van der Waals surface area contributed by atoms with E-state index in [1.165, 1.54) is 37.3 Å². The van der Waals surface area contributed by atoms with Crippen LogP contribution in [-0.4, -0.2) is 29.7 Å². The Morgan fingerprint density at radius 1 is 0.839 bits per heavy atom. The molecule has 0 N–H and O–H groups in total. The summed E-state index contributed by atoms with van der Waals surface area (Å²) in [6.07, 6.45) is -1.03. The highest BCUT2D eigenvalue weighted by atomic mass is 19.1. The lowest BCUT2D eigenvalue weighted by Gasteiger charge is -2.13. The zero-order valence-corrected chi connectivity index (χ0v) is 16.4. The fraction of sp³-hybridized carbons (Fsp3) is 0.0833. The molecule has 1 aliphatic rings. The van der Waals surface area contributed by atoms with E-state index in [1.54, 1.807) is 30.3 Å². The van der Waals surface area contributed by atoms with Gasteiger partial charge >= 0.3 is 5.97 Å². The minimum atomic E-state index is -1.03. The number of rotatable bonds is 5. The summed E-state index contributed by atoms with van der Waals surface area (Å²) in [5.74, 6) is -2.85. The molecule has 31 heavy (non-hydrogen) atoms. The minimum absolute atomic E-state index is 0.0332. The zero-order chi connectivity index (χ0) is 22.1. The van der Waals surface area contributed by atoms with Crippen LogP contribution in [0.2, 0.25) is 0 Å². The van der Waals surface area contributed by atoms with Crippen LogP contribution in [0.4, 0.5) is 10.1 Å². The Hall–Kier alpha value is -4.13. The maximum atomic E-state index is 13.2. The van der Waals surface area contributed by atoms with Gasteiger partial charge in [-0.05, 0) is 49.4 Å². The fourth-order valence-electron chi connectivity index (χ4n) is 3.31. The number of amides is 2. The molecule has 4 rings (SSSR count). The number of carbonyl (C=O) groups excluding carboxylic acids is 4. The van der Waals surface area contributed by atoms with Crippen LogP contribution in [0.1, 0.15) is 48.4 Å². The van der Waals surface area contributed by atoms with Crippen LogP contribution < -0.4 is 4.90 Å². The number of ketones is 1. The van der Waals surface area contributed by atoms with E-state index in [0.29, 0.717) is 5.56 Å². The van der Waals surface area contributed by atoms with E-state index < -0.39 is 29.7 Å². The smallest absolute Gasteiger partial charge is 0.338 e. The van der Waals surface area contributed by atoms with Gasteiger partial charge in [-0.25, -0.2) is 14.1 Å². The predicted molar refractivity (Wildman–Crippen MR) is 110 cm³/mol. The monoisotopic (exact) mass is 417 g/mol. The molecule has 0 bridgehead atoms. The molecule has 0 spiro atoms. The number of nitrogens with zero attached hydrogens (tertiary/aromatic N) is 1. The first-order valence-corrected chi connectivity index (χ1v) is 9.45. The first kappa shape index (κ1) is 20.2. The Bertz CT molecular complexity index is 1200.